The molecule has 0 saturated heterocycles. The predicted molar refractivity (Wildman–Crippen MR) is 115 cm³/mol. The highest BCUT2D eigenvalue weighted by molar-refractivity contribution is 5.76. The number of nitrogens with zero attached hydrogens (tertiary/aromatic N) is 3. The third-order valence-corrected chi connectivity index (χ3v) is 5.08. The zero-order valence-corrected chi connectivity index (χ0v) is 17.3. The summed E-state index contributed by atoms with van der Waals surface area (Å²) in [6.45, 7) is 0.556. The summed E-state index contributed by atoms with van der Waals surface area (Å²) >= 11 is 0. The molecule has 156 valence electrons. The Hall–Kier alpha value is -2.83. The van der Waals surface area contributed by atoms with Gasteiger partial charge in [0, 0.05) is 38.8 Å². The molecular weight excluding hydrogens is 366 g/mol. The van der Waals surface area contributed by atoms with E-state index in [2.05, 4.69) is 20.6 Å². The van der Waals surface area contributed by atoms with Crippen molar-refractivity contribution in [3.8, 4) is 5.75 Å². The van der Waals surface area contributed by atoms with Crippen molar-refractivity contribution in [1.82, 2.24) is 15.3 Å². The van der Waals surface area contributed by atoms with Gasteiger partial charge in [-0.25, -0.2) is 4.98 Å². The fourth-order valence-corrected chi connectivity index (χ4v) is 3.47. The zero-order valence-electron chi connectivity index (χ0n) is 17.3. The Bertz CT molecular complexity index is 761. The van der Waals surface area contributed by atoms with E-state index >= 15 is 0 Å². The molecule has 0 unspecified atom stereocenters. The molecule has 2 N–H and O–H groups in total. The van der Waals surface area contributed by atoms with Gasteiger partial charge >= 0.3 is 0 Å². The second kappa shape index (κ2) is 10.6. The van der Waals surface area contributed by atoms with Gasteiger partial charge in [0.05, 0.1) is 6.61 Å². The van der Waals surface area contributed by atoms with Gasteiger partial charge in [0.2, 0.25) is 11.9 Å². The van der Waals surface area contributed by atoms with E-state index in [0.717, 1.165) is 43.7 Å². The van der Waals surface area contributed by atoms with Crippen LogP contribution in [0.4, 0.5) is 11.8 Å². The van der Waals surface area contributed by atoms with Gasteiger partial charge in [-0.15, -0.1) is 0 Å². The quantitative estimate of drug-likeness (QED) is 0.633. The first kappa shape index (κ1) is 20.9. The number of aromatic nitrogens is 2. The molecule has 1 heterocycles. The van der Waals surface area contributed by atoms with E-state index in [1.807, 2.05) is 55.4 Å². The van der Waals surface area contributed by atoms with Crippen molar-refractivity contribution in [3.05, 3.63) is 42.6 Å². The van der Waals surface area contributed by atoms with Crippen LogP contribution >= 0.6 is 0 Å². The van der Waals surface area contributed by atoms with Crippen molar-refractivity contribution in [3.63, 3.8) is 0 Å². The zero-order chi connectivity index (χ0) is 20.5. The maximum atomic E-state index is 12.2. The van der Waals surface area contributed by atoms with E-state index in [4.69, 9.17) is 4.74 Å². The largest absolute Gasteiger partial charge is 0.494 e. The number of carbonyl (C=O) groups is 1. The monoisotopic (exact) mass is 397 g/mol. The van der Waals surface area contributed by atoms with Gasteiger partial charge in [-0.2, -0.15) is 4.98 Å². The van der Waals surface area contributed by atoms with E-state index in [0.29, 0.717) is 25.0 Å². The summed E-state index contributed by atoms with van der Waals surface area (Å²) in [6, 6.07) is 12.2. The van der Waals surface area contributed by atoms with Crippen LogP contribution in [-0.4, -0.2) is 48.7 Å². The lowest BCUT2D eigenvalue weighted by Gasteiger charge is -2.29. The van der Waals surface area contributed by atoms with Crippen molar-refractivity contribution < 1.29 is 9.53 Å². The minimum Gasteiger partial charge on any atom is -0.494 e. The summed E-state index contributed by atoms with van der Waals surface area (Å²) in [6.07, 6.45) is 6.93. The van der Waals surface area contributed by atoms with E-state index in [9.17, 15) is 4.79 Å². The summed E-state index contributed by atoms with van der Waals surface area (Å²) in [4.78, 5) is 23.0. The Morgan fingerprint density at radius 2 is 1.83 bits per heavy atom. The lowest BCUT2D eigenvalue weighted by Crippen LogP contribution is -2.40. The normalized spacial score (nSPS) is 18.7. The topological polar surface area (TPSA) is 79.4 Å². The van der Waals surface area contributed by atoms with E-state index in [1.165, 1.54) is 0 Å². The van der Waals surface area contributed by atoms with Crippen molar-refractivity contribution in [2.75, 3.05) is 30.9 Å². The van der Waals surface area contributed by atoms with E-state index in [-0.39, 0.29) is 11.9 Å². The SMILES string of the molecule is CN(C)c1ccnc(N[C@H]2CC[C@@H](NC(=O)CCCOc3ccccc3)CC2)n1. The first-order valence-electron chi connectivity index (χ1n) is 10.3. The number of carbonyl (C=O) groups excluding carboxylic acids is 1. The van der Waals surface area contributed by atoms with Gasteiger partial charge in [0.15, 0.2) is 0 Å². The van der Waals surface area contributed by atoms with Crippen LogP contribution in [0, 0.1) is 0 Å². The van der Waals surface area contributed by atoms with Gasteiger partial charge < -0.3 is 20.3 Å². The molecule has 3 rings (SSSR count). The number of anilines is 2. The van der Waals surface area contributed by atoms with E-state index < -0.39 is 0 Å². The number of amides is 1. The molecular formula is C22H31N5O2. The summed E-state index contributed by atoms with van der Waals surface area (Å²) in [7, 11) is 3.93. The molecule has 29 heavy (non-hydrogen) atoms. The highest BCUT2D eigenvalue weighted by atomic mass is 16.5. The van der Waals surface area contributed by atoms with Crippen molar-refractivity contribution in [1.29, 1.82) is 0 Å². The van der Waals surface area contributed by atoms with Gasteiger partial charge in [-0.05, 0) is 50.3 Å². The molecule has 1 aromatic carbocycles. The molecule has 0 radical (unpaired) electrons. The molecule has 7 heteroatoms. The van der Waals surface area contributed by atoms with Crippen molar-refractivity contribution in [2.45, 2.75) is 50.6 Å². The minimum atomic E-state index is 0.111. The molecule has 2 aromatic rings. The molecule has 1 fully saturated rings. The summed E-state index contributed by atoms with van der Waals surface area (Å²) in [5.74, 6) is 2.51. The molecule has 1 amide bonds. The molecule has 1 aromatic heterocycles. The second-order valence-electron chi connectivity index (χ2n) is 7.66. The second-order valence-corrected chi connectivity index (χ2v) is 7.66. The number of hydrogen-bond donors (Lipinski definition) is 2. The maximum absolute atomic E-state index is 12.2. The highest BCUT2D eigenvalue weighted by Gasteiger charge is 2.22. The van der Waals surface area contributed by atoms with Crippen LogP contribution < -0.4 is 20.3 Å². The predicted octanol–water partition coefficient (Wildman–Crippen LogP) is 3.24. The van der Waals surface area contributed by atoms with Crippen molar-refractivity contribution >= 4 is 17.7 Å². The summed E-state index contributed by atoms with van der Waals surface area (Å²) < 4.78 is 5.64. The van der Waals surface area contributed by atoms with Gasteiger partial charge in [-0.1, -0.05) is 18.2 Å². The summed E-state index contributed by atoms with van der Waals surface area (Å²) in [5.41, 5.74) is 0. The third kappa shape index (κ3) is 6.93. The fourth-order valence-electron chi connectivity index (χ4n) is 3.47. The average Bonchev–Trinajstić information content (AvgIpc) is 2.74. The van der Waals surface area contributed by atoms with Crippen LogP contribution in [0.5, 0.6) is 5.75 Å². The average molecular weight is 398 g/mol. The molecule has 0 aliphatic heterocycles. The first-order chi connectivity index (χ1) is 14.1. The first-order valence-corrected chi connectivity index (χ1v) is 10.3. The van der Waals surface area contributed by atoms with Crippen LogP contribution in [0.15, 0.2) is 42.6 Å². The Labute approximate surface area is 172 Å². The Kier molecular flexibility index (Phi) is 7.67. The van der Waals surface area contributed by atoms with E-state index in [1.54, 1.807) is 6.20 Å². The number of para-hydroxylation sites is 1. The number of benzene rings is 1. The Morgan fingerprint density at radius 1 is 1.10 bits per heavy atom. The number of rotatable bonds is 9. The van der Waals surface area contributed by atoms with Gasteiger partial charge in [0.25, 0.3) is 0 Å². The molecule has 1 saturated carbocycles. The Morgan fingerprint density at radius 3 is 2.55 bits per heavy atom. The van der Waals surface area contributed by atoms with Crippen molar-refractivity contribution in [2.24, 2.45) is 0 Å². The standard InChI is InChI=1S/C22H31N5O2/c1-27(2)20-14-15-23-22(26-20)25-18-12-10-17(11-13-18)24-21(28)9-6-16-29-19-7-4-3-5-8-19/h3-5,7-8,14-15,17-18H,6,9-13,16H2,1-2H3,(H,24,28)(H,23,25,26)/t17-,18+. The lowest BCUT2D eigenvalue weighted by atomic mass is 9.91. The van der Waals surface area contributed by atoms with Gasteiger partial charge in [-0.3, -0.25) is 4.79 Å². The third-order valence-electron chi connectivity index (χ3n) is 5.08. The minimum absolute atomic E-state index is 0.111. The molecule has 0 bridgehead atoms. The number of hydrogen-bond acceptors (Lipinski definition) is 6. The van der Waals surface area contributed by atoms with Crippen LogP contribution in [-0.2, 0) is 4.79 Å². The Balaban J connectivity index is 1.32. The number of nitrogens with one attached hydrogen (secondary N) is 2. The van der Waals surface area contributed by atoms with Crippen LogP contribution in [0.1, 0.15) is 38.5 Å². The van der Waals surface area contributed by atoms with Crippen LogP contribution in [0.25, 0.3) is 0 Å². The smallest absolute Gasteiger partial charge is 0.224 e. The lowest BCUT2D eigenvalue weighted by molar-refractivity contribution is -0.122. The highest BCUT2D eigenvalue weighted by Crippen LogP contribution is 2.22. The van der Waals surface area contributed by atoms with Gasteiger partial charge in [0.1, 0.15) is 11.6 Å². The van der Waals surface area contributed by atoms with Crippen LogP contribution in [0.2, 0.25) is 0 Å². The number of ether oxygens (including phenoxy) is 1. The molecule has 1 aliphatic carbocycles. The molecule has 0 spiro atoms. The maximum Gasteiger partial charge on any atom is 0.224 e. The summed E-state index contributed by atoms with van der Waals surface area (Å²) in [5, 5.41) is 6.60. The van der Waals surface area contributed by atoms with Crippen LogP contribution in [0.3, 0.4) is 0 Å². The molecule has 7 nitrogen and oxygen atoms in total. The molecule has 1 aliphatic rings. The fraction of sp³-hybridized carbons (Fsp3) is 0.500. The molecule has 0 atom stereocenters.